The Morgan fingerprint density at radius 2 is 0.719 bits per heavy atom. The van der Waals surface area contributed by atoms with Crippen LogP contribution in [-0.2, 0) is 5.41 Å². The van der Waals surface area contributed by atoms with E-state index in [1.54, 1.807) is 0 Å². The Bertz CT molecular complexity index is 3430. The molecular weight excluding hydrogens is 685 g/mol. The summed E-state index contributed by atoms with van der Waals surface area (Å²) in [6.07, 6.45) is 0. The predicted molar refractivity (Wildman–Crippen MR) is 245 cm³/mol. The van der Waals surface area contributed by atoms with Gasteiger partial charge in [0.15, 0.2) is 0 Å². The van der Waals surface area contributed by atoms with Gasteiger partial charge in [0.2, 0.25) is 0 Å². The molecule has 0 N–H and O–H groups in total. The molecule has 0 saturated carbocycles. The van der Waals surface area contributed by atoms with Gasteiger partial charge in [0.1, 0.15) is 0 Å². The molecule has 1 aliphatic rings. The predicted octanol–water partition coefficient (Wildman–Crippen LogP) is 15.9. The van der Waals surface area contributed by atoms with Crippen LogP contribution in [0.15, 0.2) is 194 Å². The summed E-state index contributed by atoms with van der Waals surface area (Å²) in [5, 5.41) is 15.5. The molecular formula is C57H38. The Kier molecular flexibility index (Phi) is 6.78. The highest BCUT2D eigenvalue weighted by Crippen LogP contribution is 2.55. The van der Waals surface area contributed by atoms with Gasteiger partial charge in [0.05, 0.1) is 0 Å². The van der Waals surface area contributed by atoms with E-state index in [-0.39, 0.29) is 5.41 Å². The van der Waals surface area contributed by atoms with Crippen molar-refractivity contribution in [1.29, 1.82) is 0 Å². The number of hydrogen-bond donors (Lipinski definition) is 0. The minimum absolute atomic E-state index is 0.119. The molecule has 0 saturated heterocycles. The third-order valence-corrected chi connectivity index (χ3v) is 13.0. The van der Waals surface area contributed by atoms with Gasteiger partial charge in [0, 0.05) is 5.41 Å². The molecule has 1 aliphatic carbocycles. The summed E-state index contributed by atoms with van der Waals surface area (Å²) in [4.78, 5) is 0. The lowest BCUT2D eigenvalue weighted by Crippen LogP contribution is -2.15. The van der Waals surface area contributed by atoms with Crippen molar-refractivity contribution in [3.8, 4) is 44.5 Å². The SMILES string of the molecule is CC1(C)c2ccc(-c3cccc(-c4c5ccccc5c(-c5ccc6ccc7ccccc7c6c5)c5ccccc45)c3)cc2-c2c1c1ccccc1c1ccccc21. The highest BCUT2D eigenvalue weighted by molar-refractivity contribution is 6.23. The lowest BCUT2D eigenvalue weighted by molar-refractivity contribution is 0.666. The summed E-state index contributed by atoms with van der Waals surface area (Å²) in [6.45, 7) is 4.80. The first-order valence-corrected chi connectivity index (χ1v) is 20.1. The van der Waals surface area contributed by atoms with Crippen LogP contribution in [0.5, 0.6) is 0 Å². The highest BCUT2D eigenvalue weighted by atomic mass is 14.4. The van der Waals surface area contributed by atoms with Crippen molar-refractivity contribution >= 4 is 64.6 Å². The molecule has 0 fully saturated rings. The second kappa shape index (κ2) is 12.0. The minimum atomic E-state index is -0.119. The van der Waals surface area contributed by atoms with Crippen LogP contribution in [0, 0.1) is 0 Å². The van der Waals surface area contributed by atoms with Crippen molar-refractivity contribution in [2.45, 2.75) is 19.3 Å². The third-order valence-electron chi connectivity index (χ3n) is 13.0. The average molecular weight is 723 g/mol. The van der Waals surface area contributed by atoms with Crippen molar-refractivity contribution in [3.05, 3.63) is 205 Å². The Morgan fingerprint density at radius 3 is 1.37 bits per heavy atom. The second-order valence-corrected chi connectivity index (χ2v) is 16.4. The van der Waals surface area contributed by atoms with Crippen LogP contribution in [0.4, 0.5) is 0 Å². The average Bonchev–Trinajstić information content (AvgIpc) is 3.51. The fourth-order valence-corrected chi connectivity index (χ4v) is 10.4. The smallest absolute Gasteiger partial charge is 0.0165 e. The maximum absolute atomic E-state index is 2.46. The van der Waals surface area contributed by atoms with Gasteiger partial charge in [-0.3, -0.25) is 0 Å². The van der Waals surface area contributed by atoms with E-state index < -0.39 is 0 Å². The summed E-state index contributed by atoms with van der Waals surface area (Å²) in [5.74, 6) is 0. The fraction of sp³-hybridized carbons (Fsp3) is 0.0526. The molecule has 0 aliphatic heterocycles. The molecule has 0 heterocycles. The molecule has 12 rings (SSSR count). The largest absolute Gasteiger partial charge is 0.0616 e. The van der Waals surface area contributed by atoms with Gasteiger partial charge < -0.3 is 0 Å². The van der Waals surface area contributed by atoms with Crippen LogP contribution < -0.4 is 0 Å². The van der Waals surface area contributed by atoms with Gasteiger partial charge in [-0.15, -0.1) is 0 Å². The molecule has 266 valence electrons. The summed E-state index contributed by atoms with van der Waals surface area (Å²) < 4.78 is 0. The van der Waals surface area contributed by atoms with E-state index in [2.05, 4.69) is 208 Å². The van der Waals surface area contributed by atoms with Crippen LogP contribution in [0.3, 0.4) is 0 Å². The van der Waals surface area contributed by atoms with Crippen molar-refractivity contribution in [2.75, 3.05) is 0 Å². The van der Waals surface area contributed by atoms with E-state index in [4.69, 9.17) is 0 Å². The molecule has 0 aromatic heterocycles. The Hall–Kier alpha value is -7.02. The molecule has 57 heavy (non-hydrogen) atoms. The second-order valence-electron chi connectivity index (χ2n) is 16.4. The van der Waals surface area contributed by atoms with Crippen LogP contribution in [0.2, 0.25) is 0 Å². The first-order chi connectivity index (χ1) is 28.0. The molecule has 11 aromatic carbocycles. The molecule has 11 aromatic rings. The molecule has 0 unspecified atom stereocenters. The molecule has 0 amide bonds. The normalized spacial score (nSPS) is 13.2. The number of hydrogen-bond acceptors (Lipinski definition) is 0. The topological polar surface area (TPSA) is 0 Å². The number of benzene rings is 11. The third kappa shape index (κ3) is 4.62. The molecule has 0 heteroatoms. The van der Waals surface area contributed by atoms with Crippen molar-refractivity contribution < 1.29 is 0 Å². The van der Waals surface area contributed by atoms with Gasteiger partial charge in [-0.1, -0.05) is 190 Å². The van der Waals surface area contributed by atoms with Gasteiger partial charge >= 0.3 is 0 Å². The van der Waals surface area contributed by atoms with Crippen molar-refractivity contribution in [3.63, 3.8) is 0 Å². The Labute approximate surface area is 332 Å². The van der Waals surface area contributed by atoms with E-state index >= 15 is 0 Å². The van der Waals surface area contributed by atoms with Crippen LogP contribution in [0.1, 0.15) is 25.0 Å². The quantitative estimate of drug-likeness (QED) is 0.126. The first-order valence-electron chi connectivity index (χ1n) is 20.1. The number of fused-ring (bicyclic) bond motifs is 13. The lowest BCUT2D eigenvalue weighted by atomic mass is 9.79. The van der Waals surface area contributed by atoms with E-state index in [1.807, 2.05) is 0 Å². The first kappa shape index (κ1) is 32.2. The summed E-state index contributed by atoms with van der Waals surface area (Å²) in [7, 11) is 0. The Morgan fingerprint density at radius 1 is 0.281 bits per heavy atom. The van der Waals surface area contributed by atoms with Crippen LogP contribution in [-0.4, -0.2) is 0 Å². The van der Waals surface area contributed by atoms with Crippen molar-refractivity contribution in [1.82, 2.24) is 0 Å². The fourth-order valence-electron chi connectivity index (χ4n) is 10.4. The van der Waals surface area contributed by atoms with E-state index in [9.17, 15) is 0 Å². The Balaban J connectivity index is 1.06. The number of rotatable bonds is 3. The summed E-state index contributed by atoms with van der Waals surface area (Å²) >= 11 is 0. The summed E-state index contributed by atoms with van der Waals surface area (Å²) in [6, 6.07) is 72.6. The zero-order valence-electron chi connectivity index (χ0n) is 32.0. The van der Waals surface area contributed by atoms with E-state index in [0.29, 0.717) is 0 Å². The lowest BCUT2D eigenvalue weighted by Gasteiger charge is -2.24. The van der Waals surface area contributed by atoms with Gasteiger partial charge in [-0.2, -0.15) is 0 Å². The van der Waals surface area contributed by atoms with E-state index in [0.717, 1.165) is 0 Å². The molecule has 0 spiro atoms. The standard InChI is InChI=1S/C57H38/c1-57(2)52-31-30-38(33-51(52)55-44-20-7-5-18-42(44)43-19-6-12-25-49(43)56(55)57)37-15-13-16-39(32-37)53-45-21-8-10-23-47(45)54(48-24-11-9-22-46(48)53)40-29-28-36-27-26-35-14-3-4-17-41(35)50(36)34-40/h3-34H,1-2H3. The van der Waals surface area contributed by atoms with E-state index in [1.165, 1.54) is 120 Å². The van der Waals surface area contributed by atoms with Gasteiger partial charge in [0.25, 0.3) is 0 Å². The zero-order chi connectivity index (χ0) is 37.8. The zero-order valence-corrected chi connectivity index (χ0v) is 32.0. The summed E-state index contributed by atoms with van der Waals surface area (Å²) in [5.41, 5.74) is 13.0. The molecule has 0 bridgehead atoms. The van der Waals surface area contributed by atoms with Gasteiger partial charge in [-0.25, -0.2) is 0 Å². The minimum Gasteiger partial charge on any atom is -0.0616 e. The van der Waals surface area contributed by atoms with Crippen LogP contribution >= 0.6 is 0 Å². The monoisotopic (exact) mass is 722 g/mol. The molecule has 0 radical (unpaired) electrons. The maximum Gasteiger partial charge on any atom is 0.0165 e. The highest BCUT2D eigenvalue weighted by Gasteiger charge is 2.38. The van der Waals surface area contributed by atoms with Gasteiger partial charge in [-0.05, 0) is 138 Å². The molecule has 0 nitrogen and oxygen atoms in total. The van der Waals surface area contributed by atoms with Crippen LogP contribution in [0.25, 0.3) is 109 Å². The molecule has 0 atom stereocenters. The maximum atomic E-state index is 2.46. The van der Waals surface area contributed by atoms with Crippen molar-refractivity contribution in [2.24, 2.45) is 0 Å².